The summed E-state index contributed by atoms with van der Waals surface area (Å²) in [5.41, 5.74) is 2.41. The molecule has 1 aliphatic heterocycles. The van der Waals surface area contributed by atoms with Gasteiger partial charge in [0, 0.05) is 19.2 Å². The fourth-order valence-electron chi connectivity index (χ4n) is 2.74. The molecule has 6 heteroatoms. The highest BCUT2D eigenvalue weighted by Crippen LogP contribution is 2.26. The standard InChI is InChI=1S/C18H18ClN3O2/c1-12-5-6-16(15(19)8-12)21-18(24)13-9-17(23)22(10-13)11-14-4-2-3-7-20-14/h2-8,13H,9-11H2,1H3,(H,21,24). The summed E-state index contributed by atoms with van der Waals surface area (Å²) in [7, 11) is 0. The summed E-state index contributed by atoms with van der Waals surface area (Å²) in [6.07, 6.45) is 1.90. The zero-order chi connectivity index (χ0) is 17.1. The molecule has 24 heavy (non-hydrogen) atoms. The number of hydrogen-bond acceptors (Lipinski definition) is 3. The van der Waals surface area contributed by atoms with E-state index < -0.39 is 0 Å². The van der Waals surface area contributed by atoms with Crippen molar-refractivity contribution in [3.63, 3.8) is 0 Å². The molecule has 2 heterocycles. The Bertz CT molecular complexity index is 764. The van der Waals surface area contributed by atoms with Gasteiger partial charge in [0.15, 0.2) is 0 Å². The van der Waals surface area contributed by atoms with Crippen LogP contribution in [0.25, 0.3) is 0 Å². The van der Waals surface area contributed by atoms with E-state index in [1.165, 1.54) is 0 Å². The summed E-state index contributed by atoms with van der Waals surface area (Å²) < 4.78 is 0. The van der Waals surface area contributed by atoms with Crippen molar-refractivity contribution in [2.45, 2.75) is 19.9 Å². The first kappa shape index (κ1) is 16.5. The van der Waals surface area contributed by atoms with Crippen molar-refractivity contribution in [1.82, 2.24) is 9.88 Å². The zero-order valence-electron chi connectivity index (χ0n) is 13.3. The van der Waals surface area contributed by atoms with Crippen LogP contribution in [-0.2, 0) is 16.1 Å². The van der Waals surface area contributed by atoms with Crippen LogP contribution < -0.4 is 5.32 Å². The number of amides is 2. The van der Waals surface area contributed by atoms with Crippen molar-refractivity contribution in [2.24, 2.45) is 5.92 Å². The normalized spacial score (nSPS) is 17.2. The molecule has 1 aromatic carbocycles. The number of carbonyl (C=O) groups excluding carboxylic acids is 2. The van der Waals surface area contributed by atoms with Gasteiger partial charge in [0.25, 0.3) is 0 Å². The number of anilines is 1. The number of hydrogen-bond donors (Lipinski definition) is 1. The van der Waals surface area contributed by atoms with Crippen LogP contribution in [0.2, 0.25) is 5.02 Å². The van der Waals surface area contributed by atoms with E-state index in [-0.39, 0.29) is 24.2 Å². The minimum Gasteiger partial charge on any atom is -0.336 e. The van der Waals surface area contributed by atoms with Crippen molar-refractivity contribution >= 4 is 29.1 Å². The molecule has 1 unspecified atom stereocenters. The lowest BCUT2D eigenvalue weighted by Gasteiger charge is -2.16. The van der Waals surface area contributed by atoms with Gasteiger partial charge in [-0.05, 0) is 36.8 Å². The summed E-state index contributed by atoms with van der Waals surface area (Å²) >= 11 is 6.14. The van der Waals surface area contributed by atoms with Crippen LogP contribution in [0, 0.1) is 12.8 Å². The molecule has 0 spiro atoms. The number of halogens is 1. The van der Waals surface area contributed by atoms with E-state index in [1.54, 1.807) is 23.2 Å². The van der Waals surface area contributed by atoms with E-state index in [1.807, 2.05) is 31.2 Å². The van der Waals surface area contributed by atoms with Crippen molar-refractivity contribution < 1.29 is 9.59 Å². The van der Waals surface area contributed by atoms with Gasteiger partial charge in [-0.25, -0.2) is 0 Å². The number of aromatic nitrogens is 1. The maximum absolute atomic E-state index is 12.4. The topological polar surface area (TPSA) is 62.3 Å². The summed E-state index contributed by atoms with van der Waals surface area (Å²) in [4.78, 5) is 30.5. The van der Waals surface area contributed by atoms with Crippen LogP contribution in [-0.4, -0.2) is 28.2 Å². The average Bonchev–Trinajstić information content (AvgIpc) is 2.92. The Morgan fingerprint density at radius 1 is 1.38 bits per heavy atom. The van der Waals surface area contributed by atoms with Gasteiger partial charge in [-0.3, -0.25) is 14.6 Å². The van der Waals surface area contributed by atoms with Gasteiger partial charge in [-0.2, -0.15) is 0 Å². The molecule has 0 radical (unpaired) electrons. The molecule has 0 aliphatic carbocycles. The van der Waals surface area contributed by atoms with E-state index in [2.05, 4.69) is 10.3 Å². The Hall–Kier alpha value is -2.40. The van der Waals surface area contributed by atoms with Crippen LogP contribution in [0.15, 0.2) is 42.6 Å². The SMILES string of the molecule is Cc1ccc(NC(=O)C2CC(=O)N(Cc3ccccn3)C2)c(Cl)c1. The lowest BCUT2D eigenvalue weighted by molar-refractivity contribution is -0.128. The van der Waals surface area contributed by atoms with Gasteiger partial charge in [0.05, 0.1) is 28.9 Å². The number of nitrogens with zero attached hydrogens (tertiary/aromatic N) is 2. The highest BCUT2D eigenvalue weighted by atomic mass is 35.5. The Kier molecular flexibility index (Phi) is 4.81. The molecule has 1 fully saturated rings. The minimum atomic E-state index is -0.376. The predicted octanol–water partition coefficient (Wildman–Crippen LogP) is 3.03. The van der Waals surface area contributed by atoms with Crippen molar-refractivity contribution in [1.29, 1.82) is 0 Å². The molecule has 2 aromatic rings. The fraction of sp³-hybridized carbons (Fsp3) is 0.278. The number of likely N-dealkylation sites (tertiary alicyclic amines) is 1. The maximum Gasteiger partial charge on any atom is 0.229 e. The molecule has 1 aliphatic rings. The largest absolute Gasteiger partial charge is 0.336 e. The molecular formula is C18H18ClN3O2. The highest BCUT2D eigenvalue weighted by molar-refractivity contribution is 6.33. The highest BCUT2D eigenvalue weighted by Gasteiger charge is 2.34. The molecule has 3 rings (SSSR count). The van der Waals surface area contributed by atoms with Crippen molar-refractivity contribution in [3.8, 4) is 0 Å². The van der Waals surface area contributed by atoms with E-state index in [4.69, 9.17) is 11.6 Å². The molecule has 2 amide bonds. The molecule has 1 saturated heterocycles. The summed E-state index contributed by atoms with van der Waals surface area (Å²) in [6, 6.07) is 11.0. The summed E-state index contributed by atoms with van der Waals surface area (Å²) in [5, 5.41) is 3.32. The molecule has 1 aromatic heterocycles. The zero-order valence-corrected chi connectivity index (χ0v) is 14.1. The van der Waals surface area contributed by atoms with Gasteiger partial charge < -0.3 is 10.2 Å². The quantitative estimate of drug-likeness (QED) is 0.928. The second kappa shape index (κ2) is 7.01. The summed E-state index contributed by atoms with van der Waals surface area (Å²) in [5.74, 6) is -0.591. The molecule has 0 bridgehead atoms. The number of nitrogens with one attached hydrogen (secondary N) is 1. The molecule has 0 saturated carbocycles. The van der Waals surface area contributed by atoms with Gasteiger partial charge in [0.1, 0.15) is 0 Å². The smallest absolute Gasteiger partial charge is 0.229 e. The first-order valence-electron chi connectivity index (χ1n) is 7.77. The van der Waals surface area contributed by atoms with Gasteiger partial charge >= 0.3 is 0 Å². The van der Waals surface area contributed by atoms with Crippen molar-refractivity contribution in [2.75, 3.05) is 11.9 Å². The van der Waals surface area contributed by atoms with Gasteiger partial charge in [0.2, 0.25) is 11.8 Å². The lowest BCUT2D eigenvalue weighted by atomic mass is 10.1. The first-order chi connectivity index (χ1) is 11.5. The minimum absolute atomic E-state index is 0.0317. The van der Waals surface area contributed by atoms with E-state index in [9.17, 15) is 9.59 Å². The van der Waals surface area contributed by atoms with E-state index >= 15 is 0 Å². The van der Waals surface area contributed by atoms with E-state index in [0.717, 1.165) is 11.3 Å². The molecule has 124 valence electrons. The Morgan fingerprint density at radius 3 is 2.92 bits per heavy atom. The lowest BCUT2D eigenvalue weighted by Crippen LogP contribution is -2.28. The number of carbonyl (C=O) groups is 2. The Balaban J connectivity index is 1.63. The van der Waals surface area contributed by atoms with Crippen LogP contribution in [0.3, 0.4) is 0 Å². The van der Waals surface area contributed by atoms with Crippen LogP contribution in [0.1, 0.15) is 17.7 Å². The van der Waals surface area contributed by atoms with Crippen LogP contribution >= 0.6 is 11.6 Å². The molecule has 1 N–H and O–H groups in total. The fourth-order valence-corrected chi connectivity index (χ4v) is 3.03. The maximum atomic E-state index is 12.4. The van der Waals surface area contributed by atoms with E-state index in [0.29, 0.717) is 23.8 Å². The van der Waals surface area contributed by atoms with Crippen LogP contribution in [0.5, 0.6) is 0 Å². The predicted molar refractivity (Wildman–Crippen MR) is 92.6 cm³/mol. The number of benzene rings is 1. The second-order valence-electron chi connectivity index (χ2n) is 5.97. The molecule has 5 nitrogen and oxygen atoms in total. The monoisotopic (exact) mass is 343 g/mol. The number of aryl methyl sites for hydroxylation is 1. The van der Waals surface area contributed by atoms with Crippen molar-refractivity contribution in [3.05, 3.63) is 58.9 Å². The third kappa shape index (κ3) is 3.74. The molecule has 1 atom stereocenters. The third-order valence-electron chi connectivity index (χ3n) is 4.05. The Labute approximate surface area is 145 Å². The van der Waals surface area contributed by atoms with Crippen LogP contribution in [0.4, 0.5) is 5.69 Å². The third-order valence-corrected chi connectivity index (χ3v) is 4.36. The average molecular weight is 344 g/mol. The van der Waals surface area contributed by atoms with Gasteiger partial charge in [-0.15, -0.1) is 0 Å². The Morgan fingerprint density at radius 2 is 2.21 bits per heavy atom. The second-order valence-corrected chi connectivity index (χ2v) is 6.38. The number of rotatable bonds is 4. The number of pyridine rings is 1. The molecular weight excluding hydrogens is 326 g/mol. The van der Waals surface area contributed by atoms with Gasteiger partial charge in [-0.1, -0.05) is 23.7 Å². The summed E-state index contributed by atoms with van der Waals surface area (Å²) in [6.45, 7) is 2.75. The first-order valence-corrected chi connectivity index (χ1v) is 8.15.